The first kappa shape index (κ1) is 18.3. The van der Waals surface area contributed by atoms with Crippen LogP contribution in [-0.4, -0.2) is 52.6 Å². The molecule has 2 aromatic rings. The number of imidazole rings is 1. The summed E-state index contributed by atoms with van der Waals surface area (Å²) in [6.45, 7) is 3.90. The Morgan fingerprint density at radius 2 is 2.18 bits per heavy atom. The van der Waals surface area contributed by atoms with Crippen LogP contribution in [0.1, 0.15) is 41.2 Å². The van der Waals surface area contributed by atoms with Crippen LogP contribution in [0.25, 0.3) is 0 Å². The van der Waals surface area contributed by atoms with Gasteiger partial charge in [0.25, 0.3) is 5.91 Å². The molecule has 3 heterocycles. The number of aromatic amines is 1. The normalized spacial score (nSPS) is 30.3. The van der Waals surface area contributed by atoms with Crippen molar-refractivity contribution in [2.24, 2.45) is 17.8 Å². The van der Waals surface area contributed by atoms with Crippen molar-refractivity contribution < 1.29 is 9.53 Å². The molecule has 0 aromatic carbocycles. The number of aromatic nitrogens is 2. The molecule has 2 saturated carbocycles. The third-order valence-electron chi connectivity index (χ3n) is 6.43. The van der Waals surface area contributed by atoms with Gasteiger partial charge in [0.2, 0.25) is 0 Å². The van der Waals surface area contributed by atoms with Crippen LogP contribution in [0.4, 0.5) is 0 Å². The van der Waals surface area contributed by atoms with Crippen molar-refractivity contribution >= 4 is 17.2 Å². The van der Waals surface area contributed by atoms with Gasteiger partial charge in [0.1, 0.15) is 5.82 Å². The molecule has 2 aliphatic carbocycles. The molecule has 0 bridgehead atoms. The number of amides is 1. The Labute approximate surface area is 169 Å². The number of fused-ring (bicyclic) bond motifs is 1. The zero-order valence-electron chi connectivity index (χ0n) is 16.0. The molecule has 2 N–H and O–H groups in total. The smallest absolute Gasteiger partial charge is 0.261 e. The molecule has 0 radical (unpaired) electrons. The quantitative estimate of drug-likeness (QED) is 0.750. The number of ether oxygens (including phenoxy) is 1. The summed E-state index contributed by atoms with van der Waals surface area (Å²) in [4.78, 5) is 23.5. The Hall–Kier alpha value is -1.70. The molecule has 1 saturated heterocycles. The average molecular weight is 401 g/mol. The predicted molar refractivity (Wildman–Crippen MR) is 108 cm³/mol. The first-order chi connectivity index (χ1) is 13.7. The van der Waals surface area contributed by atoms with E-state index >= 15 is 0 Å². The van der Waals surface area contributed by atoms with E-state index in [1.54, 1.807) is 0 Å². The second kappa shape index (κ2) is 7.97. The molecule has 3 fully saturated rings. The van der Waals surface area contributed by atoms with Crippen molar-refractivity contribution in [3.05, 3.63) is 40.6 Å². The number of nitrogens with zero attached hydrogens (tertiary/aromatic N) is 2. The predicted octanol–water partition coefficient (Wildman–Crippen LogP) is 2.91. The van der Waals surface area contributed by atoms with Crippen molar-refractivity contribution in [1.29, 1.82) is 0 Å². The van der Waals surface area contributed by atoms with Gasteiger partial charge in [-0.3, -0.25) is 9.69 Å². The summed E-state index contributed by atoms with van der Waals surface area (Å²) in [5.74, 6) is 3.08. The SMILES string of the molecule is O=C(N[C@H]1C[C@H]2CN(Cc3ncc[nH]3)C[C@H]2C[C@@H]1OCC1CC1)c1cccs1. The van der Waals surface area contributed by atoms with Crippen molar-refractivity contribution in [3.63, 3.8) is 0 Å². The number of thiophene rings is 1. The highest BCUT2D eigenvalue weighted by atomic mass is 32.1. The van der Waals surface area contributed by atoms with E-state index < -0.39 is 0 Å². The Bertz CT molecular complexity index is 774. The number of rotatable bonds is 7. The number of H-pyrrole nitrogens is 1. The molecule has 0 unspecified atom stereocenters. The largest absolute Gasteiger partial charge is 0.376 e. The average Bonchev–Trinajstić information content (AvgIpc) is 3.09. The Morgan fingerprint density at radius 1 is 1.32 bits per heavy atom. The van der Waals surface area contributed by atoms with Crippen LogP contribution in [0, 0.1) is 17.8 Å². The molecular formula is C21H28N4O2S. The van der Waals surface area contributed by atoms with Crippen LogP contribution in [0.3, 0.4) is 0 Å². The van der Waals surface area contributed by atoms with E-state index in [9.17, 15) is 4.79 Å². The molecular weight excluding hydrogens is 372 g/mol. The number of hydrogen-bond donors (Lipinski definition) is 2. The Balaban J connectivity index is 1.24. The van der Waals surface area contributed by atoms with Gasteiger partial charge >= 0.3 is 0 Å². The van der Waals surface area contributed by atoms with Crippen LogP contribution >= 0.6 is 11.3 Å². The van der Waals surface area contributed by atoms with Crippen molar-refractivity contribution in [1.82, 2.24) is 20.2 Å². The highest BCUT2D eigenvalue weighted by Crippen LogP contribution is 2.39. The summed E-state index contributed by atoms with van der Waals surface area (Å²) < 4.78 is 6.34. The Morgan fingerprint density at radius 3 is 2.89 bits per heavy atom. The zero-order chi connectivity index (χ0) is 18.9. The highest BCUT2D eigenvalue weighted by Gasteiger charge is 2.43. The van der Waals surface area contributed by atoms with Crippen LogP contribution in [0.15, 0.2) is 29.9 Å². The van der Waals surface area contributed by atoms with E-state index in [2.05, 4.69) is 20.2 Å². The number of carbonyl (C=O) groups is 1. The summed E-state index contributed by atoms with van der Waals surface area (Å²) in [6, 6.07) is 3.94. The monoisotopic (exact) mass is 400 g/mol. The molecule has 6 nitrogen and oxygen atoms in total. The van der Waals surface area contributed by atoms with Crippen molar-refractivity contribution in [2.75, 3.05) is 19.7 Å². The van der Waals surface area contributed by atoms with E-state index in [1.807, 2.05) is 29.9 Å². The van der Waals surface area contributed by atoms with Gasteiger partial charge < -0.3 is 15.0 Å². The summed E-state index contributed by atoms with van der Waals surface area (Å²) in [7, 11) is 0. The van der Waals surface area contributed by atoms with Gasteiger partial charge in [0.15, 0.2) is 0 Å². The third-order valence-corrected chi connectivity index (χ3v) is 7.29. The lowest BCUT2D eigenvalue weighted by atomic mass is 9.77. The van der Waals surface area contributed by atoms with Crippen LogP contribution < -0.4 is 5.32 Å². The minimum Gasteiger partial charge on any atom is -0.376 e. The maximum Gasteiger partial charge on any atom is 0.261 e. The van der Waals surface area contributed by atoms with E-state index in [0.29, 0.717) is 11.8 Å². The molecule has 2 aromatic heterocycles. The van der Waals surface area contributed by atoms with Crippen LogP contribution in [-0.2, 0) is 11.3 Å². The van der Waals surface area contributed by atoms with Gasteiger partial charge in [-0.2, -0.15) is 0 Å². The minimum absolute atomic E-state index is 0.0453. The number of nitrogens with one attached hydrogen (secondary N) is 2. The summed E-state index contributed by atoms with van der Waals surface area (Å²) in [5, 5.41) is 5.25. The molecule has 4 atom stereocenters. The van der Waals surface area contributed by atoms with Gasteiger partial charge in [-0.1, -0.05) is 6.07 Å². The van der Waals surface area contributed by atoms with Crippen molar-refractivity contribution in [2.45, 2.75) is 44.4 Å². The Kier molecular flexibility index (Phi) is 5.22. The lowest BCUT2D eigenvalue weighted by Crippen LogP contribution is -2.50. The fraction of sp³-hybridized carbons (Fsp3) is 0.619. The second-order valence-electron chi connectivity index (χ2n) is 8.59. The molecule has 28 heavy (non-hydrogen) atoms. The topological polar surface area (TPSA) is 70.2 Å². The fourth-order valence-corrected chi connectivity index (χ4v) is 5.39. The summed E-state index contributed by atoms with van der Waals surface area (Å²) in [6.07, 6.45) is 8.47. The van der Waals surface area contributed by atoms with Gasteiger partial charge in [-0.05, 0) is 54.9 Å². The lowest BCUT2D eigenvalue weighted by molar-refractivity contribution is -0.0211. The number of hydrogen-bond acceptors (Lipinski definition) is 5. The van der Waals surface area contributed by atoms with E-state index in [1.165, 1.54) is 24.2 Å². The molecule has 1 aliphatic heterocycles. The first-order valence-electron chi connectivity index (χ1n) is 10.4. The molecule has 3 aliphatic rings. The van der Waals surface area contributed by atoms with Crippen molar-refractivity contribution in [3.8, 4) is 0 Å². The standard InChI is InChI=1S/C21H28N4O2S/c26-21(19-2-1-7-28-19)24-17-8-15-10-25(12-20-22-5-6-23-20)11-16(15)9-18(17)27-13-14-3-4-14/h1-2,5-7,14-18H,3-4,8-13H2,(H,22,23)(H,24,26)/t15-,16+,17-,18-/m0/s1. The van der Waals surface area contributed by atoms with Gasteiger partial charge in [-0.15, -0.1) is 11.3 Å². The second-order valence-corrected chi connectivity index (χ2v) is 9.54. The lowest BCUT2D eigenvalue weighted by Gasteiger charge is -2.38. The van der Waals surface area contributed by atoms with Crippen LogP contribution in [0.5, 0.6) is 0 Å². The highest BCUT2D eigenvalue weighted by molar-refractivity contribution is 7.12. The molecule has 0 spiro atoms. The van der Waals surface area contributed by atoms with Gasteiger partial charge in [-0.25, -0.2) is 4.98 Å². The van der Waals surface area contributed by atoms with E-state index in [4.69, 9.17) is 4.74 Å². The van der Waals surface area contributed by atoms with E-state index in [0.717, 1.165) is 55.7 Å². The maximum absolute atomic E-state index is 12.7. The first-order valence-corrected chi connectivity index (χ1v) is 11.3. The maximum atomic E-state index is 12.7. The minimum atomic E-state index is 0.0453. The van der Waals surface area contributed by atoms with Gasteiger partial charge in [0, 0.05) is 32.1 Å². The molecule has 7 heteroatoms. The molecule has 1 amide bonds. The molecule has 5 rings (SSSR count). The molecule has 150 valence electrons. The number of carbonyl (C=O) groups excluding carboxylic acids is 1. The summed E-state index contributed by atoms with van der Waals surface area (Å²) in [5.41, 5.74) is 0. The van der Waals surface area contributed by atoms with Crippen LogP contribution in [0.2, 0.25) is 0 Å². The zero-order valence-corrected chi connectivity index (χ0v) is 16.9. The van der Waals surface area contributed by atoms with E-state index in [-0.39, 0.29) is 18.1 Å². The summed E-state index contributed by atoms with van der Waals surface area (Å²) >= 11 is 1.50. The number of likely N-dealkylation sites (tertiary alicyclic amines) is 1. The third kappa shape index (κ3) is 4.16. The van der Waals surface area contributed by atoms with Gasteiger partial charge in [0.05, 0.1) is 23.6 Å². The fourth-order valence-electron chi connectivity index (χ4n) is 4.76.